The predicted molar refractivity (Wildman–Crippen MR) is 186 cm³/mol. The van der Waals surface area contributed by atoms with Gasteiger partial charge in [0.25, 0.3) is 0 Å². The molecule has 0 unspecified atom stereocenters. The van der Waals surface area contributed by atoms with E-state index in [1.807, 2.05) is 40.7 Å². The van der Waals surface area contributed by atoms with Gasteiger partial charge in [0.2, 0.25) is 0 Å². The van der Waals surface area contributed by atoms with Crippen LogP contribution in [0.3, 0.4) is 0 Å². The van der Waals surface area contributed by atoms with E-state index in [2.05, 4.69) is 6.08 Å². The largest absolute Gasteiger partial charge is 0.496 e. The van der Waals surface area contributed by atoms with Crippen LogP contribution in [0.1, 0.15) is 99.9 Å². The first-order valence-corrected chi connectivity index (χ1v) is 16.6. The van der Waals surface area contributed by atoms with Gasteiger partial charge in [0.05, 0.1) is 46.1 Å². The minimum Gasteiger partial charge on any atom is -0.496 e. The number of carboxylic acid groups (broad SMARTS) is 2. The smallest absolute Gasteiger partial charge is 0.329 e. The van der Waals surface area contributed by atoms with Crippen molar-refractivity contribution in [3.8, 4) is 28.7 Å². The Kier molecular flexibility index (Phi) is 14.1. The van der Waals surface area contributed by atoms with Gasteiger partial charge in [0.15, 0.2) is 17.3 Å². The van der Waals surface area contributed by atoms with Crippen LogP contribution in [0.2, 0.25) is 0 Å². The number of allylic oxidation sites excluding steroid dienone is 2. The molecule has 12 heteroatoms. The minimum absolute atomic E-state index is 0.0545. The summed E-state index contributed by atoms with van der Waals surface area (Å²) in [5.74, 6) is 0.0880. The average Bonchev–Trinajstić information content (AvgIpc) is 3.06. The van der Waals surface area contributed by atoms with Crippen molar-refractivity contribution in [2.75, 3.05) is 41.7 Å². The van der Waals surface area contributed by atoms with Crippen LogP contribution in [0, 0.1) is 0 Å². The maximum Gasteiger partial charge on any atom is 0.329 e. The zero-order chi connectivity index (χ0) is 37.2. The van der Waals surface area contributed by atoms with Gasteiger partial charge in [0, 0.05) is 22.8 Å². The highest BCUT2D eigenvalue weighted by Crippen LogP contribution is 2.48. The van der Waals surface area contributed by atoms with Crippen molar-refractivity contribution in [1.29, 1.82) is 0 Å². The third-order valence-corrected chi connectivity index (χ3v) is 8.84. The molecule has 0 fully saturated rings. The molecule has 12 nitrogen and oxygen atoms in total. The van der Waals surface area contributed by atoms with E-state index in [4.69, 9.17) is 43.4 Å². The van der Waals surface area contributed by atoms with Gasteiger partial charge < -0.3 is 43.4 Å². The van der Waals surface area contributed by atoms with Crippen LogP contribution < -0.4 is 23.7 Å². The minimum atomic E-state index is -1.05. The summed E-state index contributed by atoms with van der Waals surface area (Å²) in [7, 11) is 6.18. The number of Topliss-reactive ketones (excluding diaryl/α,β-unsaturated/α-hetero) is 1. The van der Waals surface area contributed by atoms with Gasteiger partial charge in [-0.25, -0.2) is 9.59 Å². The number of carboxylic acids is 2. The molecule has 0 aliphatic carbocycles. The third-order valence-electron chi connectivity index (χ3n) is 8.84. The predicted octanol–water partition coefficient (Wildman–Crippen LogP) is 6.78. The average molecular weight is 701 g/mol. The zero-order valence-electron chi connectivity index (χ0n) is 30.7. The van der Waals surface area contributed by atoms with Crippen molar-refractivity contribution >= 4 is 17.7 Å². The molecule has 0 bridgehead atoms. The first-order valence-electron chi connectivity index (χ1n) is 16.6. The maximum absolute atomic E-state index is 13.9. The summed E-state index contributed by atoms with van der Waals surface area (Å²) < 4.78 is 40.6. The van der Waals surface area contributed by atoms with Crippen LogP contribution in [0.15, 0.2) is 29.8 Å². The van der Waals surface area contributed by atoms with Gasteiger partial charge >= 0.3 is 11.9 Å². The molecule has 0 aromatic heterocycles. The highest BCUT2D eigenvalue weighted by molar-refractivity contribution is 6.03. The summed E-state index contributed by atoms with van der Waals surface area (Å²) in [6.07, 6.45) is 5.18. The monoisotopic (exact) mass is 700 g/mol. The number of fused-ring (bicyclic) bond motifs is 1. The Balaban J connectivity index is 1.91. The lowest BCUT2D eigenvalue weighted by molar-refractivity contribution is -0.149. The second-order valence-electron chi connectivity index (χ2n) is 13.6. The Morgan fingerprint density at radius 1 is 0.860 bits per heavy atom. The molecule has 1 atom stereocenters. The first kappa shape index (κ1) is 40.1. The Morgan fingerprint density at radius 3 is 2.02 bits per heavy atom. The van der Waals surface area contributed by atoms with Crippen LogP contribution in [-0.4, -0.2) is 80.8 Å². The molecule has 50 heavy (non-hydrogen) atoms. The highest BCUT2D eigenvalue weighted by atomic mass is 16.5. The van der Waals surface area contributed by atoms with Gasteiger partial charge in [0.1, 0.15) is 42.1 Å². The van der Waals surface area contributed by atoms with Crippen LogP contribution in [0.4, 0.5) is 0 Å². The molecule has 0 amide bonds. The number of benzene rings is 2. The molecule has 0 radical (unpaired) electrons. The molecule has 1 heterocycles. The van der Waals surface area contributed by atoms with Crippen molar-refractivity contribution in [3.05, 3.63) is 52.1 Å². The van der Waals surface area contributed by atoms with E-state index in [0.717, 1.165) is 29.5 Å². The van der Waals surface area contributed by atoms with Crippen LogP contribution in [-0.2, 0) is 31.9 Å². The molecule has 2 N–H and O–H groups in total. The van der Waals surface area contributed by atoms with Crippen LogP contribution in [0.5, 0.6) is 28.7 Å². The number of aliphatic carboxylic acids is 2. The van der Waals surface area contributed by atoms with Crippen molar-refractivity contribution in [2.45, 2.75) is 96.9 Å². The molecular weight excluding hydrogens is 648 g/mol. The lowest BCUT2D eigenvalue weighted by Crippen LogP contribution is -2.28. The Labute approximate surface area is 294 Å². The van der Waals surface area contributed by atoms with Gasteiger partial charge in [-0.1, -0.05) is 17.7 Å². The van der Waals surface area contributed by atoms with Gasteiger partial charge in [-0.2, -0.15) is 0 Å². The number of hydrogen-bond donors (Lipinski definition) is 2. The van der Waals surface area contributed by atoms with Crippen molar-refractivity contribution in [1.82, 2.24) is 0 Å². The topological polar surface area (TPSA) is 156 Å². The summed E-state index contributed by atoms with van der Waals surface area (Å²) in [4.78, 5) is 35.9. The van der Waals surface area contributed by atoms with Crippen LogP contribution in [0.25, 0.3) is 0 Å². The van der Waals surface area contributed by atoms with E-state index < -0.39 is 35.9 Å². The SMILES string of the molecule is COc1cc2c(c(OC)c1CCC(C)(C)OCC(=O)O)C(=O)C[C@@H](c1ccc(OC)c(OC)c1C/C=C(/C)CCCC(C)(C)OCC(=O)O)O2. The Bertz CT molecular complexity index is 1560. The van der Waals surface area contributed by atoms with E-state index >= 15 is 0 Å². The van der Waals surface area contributed by atoms with E-state index in [1.54, 1.807) is 26.4 Å². The van der Waals surface area contributed by atoms with Gasteiger partial charge in [-0.15, -0.1) is 0 Å². The molecule has 276 valence electrons. The molecule has 0 saturated carbocycles. The fraction of sp³-hybridized carbons (Fsp3) is 0.553. The molecule has 1 aliphatic rings. The van der Waals surface area contributed by atoms with Gasteiger partial charge in [-0.3, -0.25) is 4.79 Å². The summed E-state index contributed by atoms with van der Waals surface area (Å²) in [5.41, 5.74) is 2.45. The zero-order valence-corrected chi connectivity index (χ0v) is 30.7. The van der Waals surface area contributed by atoms with E-state index in [1.165, 1.54) is 14.2 Å². The number of ether oxygens (including phenoxy) is 7. The fourth-order valence-electron chi connectivity index (χ4n) is 6.07. The molecule has 0 spiro atoms. The van der Waals surface area contributed by atoms with Gasteiger partial charge in [-0.05, 0) is 79.2 Å². The number of rotatable bonds is 20. The fourth-order valence-corrected chi connectivity index (χ4v) is 6.07. The molecule has 2 aromatic carbocycles. The first-order chi connectivity index (χ1) is 23.6. The summed E-state index contributed by atoms with van der Waals surface area (Å²) >= 11 is 0. The lowest BCUT2D eigenvalue weighted by Gasteiger charge is -2.31. The van der Waals surface area contributed by atoms with E-state index in [0.29, 0.717) is 65.6 Å². The lowest BCUT2D eigenvalue weighted by atomic mass is 9.88. The van der Waals surface area contributed by atoms with E-state index in [-0.39, 0.29) is 18.8 Å². The third kappa shape index (κ3) is 10.6. The maximum atomic E-state index is 13.9. The Hall–Kier alpha value is -4.29. The number of carbonyl (C=O) groups excluding carboxylic acids is 1. The van der Waals surface area contributed by atoms with Crippen LogP contribution >= 0.6 is 0 Å². The molecule has 2 aromatic rings. The van der Waals surface area contributed by atoms with E-state index in [9.17, 15) is 14.4 Å². The molecule has 1 aliphatic heterocycles. The van der Waals surface area contributed by atoms with Crippen molar-refractivity contribution in [3.63, 3.8) is 0 Å². The number of hydrogen-bond acceptors (Lipinski definition) is 10. The number of ketones is 1. The summed E-state index contributed by atoms with van der Waals surface area (Å²) in [6, 6.07) is 5.40. The summed E-state index contributed by atoms with van der Waals surface area (Å²) in [5, 5.41) is 18.0. The second-order valence-corrected chi connectivity index (χ2v) is 13.6. The molecule has 3 rings (SSSR count). The highest BCUT2D eigenvalue weighted by Gasteiger charge is 2.36. The molecular formula is C38H52O12. The number of carbonyl (C=O) groups is 3. The van der Waals surface area contributed by atoms with Crippen molar-refractivity contribution in [2.24, 2.45) is 0 Å². The summed E-state index contributed by atoms with van der Waals surface area (Å²) in [6.45, 7) is 8.69. The molecule has 0 saturated heterocycles. The number of methoxy groups -OCH3 is 4. The Morgan fingerprint density at radius 2 is 1.46 bits per heavy atom. The second kappa shape index (κ2) is 17.6. The quantitative estimate of drug-likeness (QED) is 0.140. The standard InChI is InChI=1S/C38H52O12/c1-23(11-10-17-37(2,3)48-21-32(40)41)12-13-25-24(14-15-28(44-6)35(25)46-8)30-19-27(39)34-31(50-30)20-29(45-7)26(36(34)47-9)16-18-38(4,5)49-22-33(42)43/h12,14-15,20,30H,10-11,13,16-19,21-22H2,1-9H3,(H,40,41)(H,42,43)/b23-12-/t30-/m0/s1. The van der Waals surface area contributed by atoms with Crippen molar-refractivity contribution < 1.29 is 57.8 Å². The normalized spacial score (nSPS) is 14.9.